The molecule has 1 N–H and O–H groups in total. The van der Waals surface area contributed by atoms with Gasteiger partial charge in [-0.2, -0.15) is 15.1 Å². The van der Waals surface area contributed by atoms with Crippen molar-refractivity contribution in [1.29, 1.82) is 5.41 Å². The van der Waals surface area contributed by atoms with E-state index in [-0.39, 0.29) is 11.4 Å². The molecule has 148 valence electrons. The SMILES string of the molecule is CC1=NN2C(=N)C(=Cc3cn(Cc4ccc(Cl)cc4)c4ccccc34)C(=O)N=C2S1. The van der Waals surface area contributed by atoms with Crippen molar-refractivity contribution in [3.8, 4) is 0 Å². The fraction of sp³-hybridized carbons (Fsp3) is 0.0909. The van der Waals surface area contributed by atoms with Crippen molar-refractivity contribution in [3.63, 3.8) is 0 Å². The van der Waals surface area contributed by atoms with Crippen LogP contribution in [0, 0.1) is 5.41 Å². The monoisotopic (exact) mass is 433 g/mol. The summed E-state index contributed by atoms with van der Waals surface area (Å²) in [4.78, 5) is 16.7. The smallest absolute Gasteiger partial charge is 0.283 e. The third-order valence-electron chi connectivity index (χ3n) is 4.94. The highest BCUT2D eigenvalue weighted by Gasteiger charge is 2.34. The van der Waals surface area contributed by atoms with Crippen molar-refractivity contribution in [2.24, 2.45) is 10.1 Å². The maximum Gasteiger partial charge on any atom is 0.283 e. The Morgan fingerprint density at radius 3 is 2.73 bits per heavy atom. The summed E-state index contributed by atoms with van der Waals surface area (Å²) in [7, 11) is 0. The molecule has 0 saturated heterocycles. The molecule has 0 spiro atoms. The van der Waals surface area contributed by atoms with Gasteiger partial charge in [-0.05, 0) is 48.5 Å². The van der Waals surface area contributed by atoms with Gasteiger partial charge in [-0.25, -0.2) is 0 Å². The molecule has 2 aromatic carbocycles. The largest absolute Gasteiger partial charge is 0.342 e. The van der Waals surface area contributed by atoms with Crippen LogP contribution in [0.15, 0.2) is 70.4 Å². The van der Waals surface area contributed by atoms with Crippen molar-refractivity contribution in [2.45, 2.75) is 13.5 Å². The van der Waals surface area contributed by atoms with Crippen LogP contribution in [-0.4, -0.2) is 31.5 Å². The molecule has 30 heavy (non-hydrogen) atoms. The Bertz CT molecular complexity index is 1300. The molecule has 0 fully saturated rings. The molecule has 2 aliphatic rings. The number of benzene rings is 2. The second-order valence-corrected chi connectivity index (χ2v) is 8.59. The first-order valence-corrected chi connectivity index (χ1v) is 10.5. The van der Waals surface area contributed by atoms with Crippen LogP contribution < -0.4 is 0 Å². The normalized spacial score (nSPS) is 17.5. The number of aliphatic imine (C=N–C) groups is 1. The van der Waals surface area contributed by atoms with Gasteiger partial charge in [-0.1, -0.05) is 41.9 Å². The van der Waals surface area contributed by atoms with Crippen LogP contribution in [0.1, 0.15) is 18.1 Å². The molecular weight excluding hydrogens is 418 g/mol. The predicted molar refractivity (Wildman–Crippen MR) is 123 cm³/mol. The number of nitrogens with one attached hydrogen (secondary N) is 1. The van der Waals surface area contributed by atoms with Crippen molar-refractivity contribution in [3.05, 3.63) is 76.5 Å². The Balaban J connectivity index is 1.57. The van der Waals surface area contributed by atoms with Gasteiger partial charge in [0.05, 0.1) is 10.6 Å². The molecule has 1 aromatic heterocycles. The number of aromatic nitrogens is 1. The van der Waals surface area contributed by atoms with E-state index in [1.54, 1.807) is 6.08 Å². The lowest BCUT2D eigenvalue weighted by molar-refractivity contribution is -0.114. The number of hydrogen-bond acceptors (Lipinski definition) is 4. The highest BCUT2D eigenvalue weighted by Crippen LogP contribution is 2.30. The van der Waals surface area contributed by atoms with Gasteiger partial charge in [0.15, 0.2) is 5.84 Å². The maximum absolute atomic E-state index is 12.6. The second kappa shape index (κ2) is 7.27. The number of para-hydroxylation sites is 1. The van der Waals surface area contributed by atoms with E-state index in [4.69, 9.17) is 17.0 Å². The Labute approximate surface area is 182 Å². The first-order valence-electron chi connectivity index (χ1n) is 9.29. The maximum atomic E-state index is 12.6. The van der Waals surface area contributed by atoms with Crippen LogP contribution in [0.2, 0.25) is 5.02 Å². The molecule has 1 amide bonds. The lowest BCUT2D eigenvalue weighted by Crippen LogP contribution is -2.35. The third-order valence-corrected chi connectivity index (χ3v) is 6.02. The lowest BCUT2D eigenvalue weighted by atomic mass is 10.1. The number of carbonyl (C=O) groups is 1. The zero-order valence-electron chi connectivity index (χ0n) is 16.0. The van der Waals surface area contributed by atoms with Crippen molar-refractivity contribution in [1.82, 2.24) is 9.58 Å². The van der Waals surface area contributed by atoms with Crippen LogP contribution in [0.5, 0.6) is 0 Å². The van der Waals surface area contributed by atoms with Crippen LogP contribution in [0.4, 0.5) is 0 Å². The van der Waals surface area contributed by atoms with Crippen LogP contribution in [0.3, 0.4) is 0 Å². The van der Waals surface area contributed by atoms with Crippen molar-refractivity contribution < 1.29 is 4.79 Å². The fourth-order valence-electron chi connectivity index (χ4n) is 3.55. The molecule has 0 unspecified atom stereocenters. The Morgan fingerprint density at radius 2 is 1.93 bits per heavy atom. The van der Waals surface area contributed by atoms with Crippen LogP contribution in [-0.2, 0) is 11.3 Å². The summed E-state index contributed by atoms with van der Waals surface area (Å²) in [5.41, 5.74) is 3.25. The van der Waals surface area contributed by atoms with E-state index in [2.05, 4.69) is 14.7 Å². The average Bonchev–Trinajstić information content (AvgIpc) is 3.27. The highest BCUT2D eigenvalue weighted by atomic mass is 35.5. The van der Waals surface area contributed by atoms with Gasteiger partial charge in [-0.3, -0.25) is 10.2 Å². The molecule has 0 atom stereocenters. The summed E-state index contributed by atoms with van der Waals surface area (Å²) in [6.45, 7) is 2.50. The number of halogens is 1. The minimum atomic E-state index is -0.418. The minimum absolute atomic E-state index is 0.0453. The summed E-state index contributed by atoms with van der Waals surface area (Å²) < 4.78 is 2.13. The van der Waals surface area contributed by atoms with Gasteiger partial charge >= 0.3 is 0 Å². The number of nitrogens with zero attached hydrogens (tertiary/aromatic N) is 4. The number of thioether (sulfide) groups is 1. The molecule has 2 aliphatic heterocycles. The van der Waals surface area contributed by atoms with Gasteiger partial charge in [0.2, 0.25) is 5.17 Å². The summed E-state index contributed by atoms with van der Waals surface area (Å²) in [5.74, 6) is -0.373. The minimum Gasteiger partial charge on any atom is -0.342 e. The number of amides is 1. The fourth-order valence-corrected chi connectivity index (χ4v) is 4.41. The summed E-state index contributed by atoms with van der Waals surface area (Å²) in [5, 5.41) is 17.1. The molecule has 3 aromatic rings. The first-order chi connectivity index (χ1) is 14.5. The molecule has 0 bridgehead atoms. The number of carbonyl (C=O) groups excluding carboxylic acids is 1. The van der Waals surface area contributed by atoms with Crippen molar-refractivity contribution >= 4 is 62.3 Å². The highest BCUT2D eigenvalue weighted by molar-refractivity contribution is 8.26. The Kier molecular flexibility index (Phi) is 4.56. The van der Waals surface area contributed by atoms with Gasteiger partial charge in [-0.15, -0.1) is 0 Å². The quantitative estimate of drug-likeness (QED) is 0.592. The zero-order valence-corrected chi connectivity index (χ0v) is 17.5. The summed E-state index contributed by atoms with van der Waals surface area (Å²) in [6, 6.07) is 15.8. The van der Waals surface area contributed by atoms with Crippen LogP contribution >= 0.6 is 23.4 Å². The Hall–Kier alpha value is -3.16. The summed E-state index contributed by atoms with van der Waals surface area (Å²) >= 11 is 7.30. The standard InChI is InChI=1S/C22H16ClN5OS/c1-13-26-28-20(24)18(21(29)25-22(28)30-13)10-15-12-27(19-5-3-2-4-17(15)19)11-14-6-8-16(23)9-7-14/h2-10,12,24H,11H2,1H3. The van der Waals surface area contributed by atoms with E-state index < -0.39 is 5.91 Å². The van der Waals surface area contributed by atoms with Gasteiger partial charge in [0.25, 0.3) is 5.91 Å². The van der Waals surface area contributed by atoms with E-state index >= 15 is 0 Å². The molecule has 3 heterocycles. The molecule has 0 saturated carbocycles. The third kappa shape index (κ3) is 3.26. The number of hydrazone groups is 1. The van der Waals surface area contributed by atoms with E-state index in [1.807, 2.05) is 61.7 Å². The number of fused-ring (bicyclic) bond motifs is 2. The Morgan fingerprint density at radius 1 is 1.17 bits per heavy atom. The summed E-state index contributed by atoms with van der Waals surface area (Å²) in [6.07, 6.45) is 3.73. The van der Waals surface area contributed by atoms with Crippen molar-refractivity contribution in [2.75, 3.05) is 0 Å². The number of hydrogen-bond donors (Lipinski definition) is 1. The molecule has 8 heteroatoms. The van der Waals surface area contributed by atoms with Crippen LogP contribution in [0.25, 0.3) is 17.0 Å². The van der Waals surface area contributed by atoms with E-state index in [1.165, 1.54) is 16.8 Å². The average molecular weight is 434 g/mol. The topological polar surface area (TPSA) is 73.8 Å². The second-order valence-electron chi connectivity index (χ2n) is 6.99. The molecule has 5 rings (SSSR count). The van der Waals surface area contributed by atoms with Gasteiger partial charge in [0, 0.05) is 34.2 Å². The molecule has 0 aliphatic carbocycles. The van der Waals surface area contributed by atoms with E-state index in [9.17, 15) is 4.79 Å². The molecular formula is C22H16ClN5OS. The van der Waals surface area contributed by atoms with Gasteiger partial charge in [0.1, 0.15) is 0 Å². The van der Waals surface area contributed by atoms with Gasteiger partial charge < -0.3 is 4.57 Å². The predicted octanol–water partition coefficient (Wildman–Crippen LogP) is 4.98. The molecule has 0 radical (unpaired) electrons. The first kappa shape index (κ1) is 18.8. The molecule has 6 nitrogen and oxygen atoms in total. The number of amidine groups is 2. The number of rotatable bonds is 3. The lowest BCUT2D eigenvalue weighted by Gasteiger charge is -2.20. The van der Waals surface area contributed by atoms with E-state index in [0.717, 1.165) is 27.1 Å². The van der Waals surface area contributed by atoms with E-state index in [0.29, 0.717) is 16.7 Å². The zero-order chi connectivity index (χ0) is 20.8.